The summed E-state index contributed by atoms with van der Waals surface area (Å²) >= 11 is 0. The molecule has 1 aromatic carbocycles. The van der Waals surface area contributed by atoms with Gasteiger partial charge < -0.3 is 14.7 Å². The summed E-state index contributed by atoms with van der Waals surface area (Å²) in [6, 6.07) is 13.1. The van der Waals surface area contributed by atoms with Gasteiger partial charge >= 0.3 is 5.97 Å². The molecule has 0 aliphatic carbocycles. The molecular weight excluding hydrogens is 292 g/mol. The number of aromatic amines is 1. The monoisotopic (exact) mass is 308 g/mol. The van der Waals surface area contributed by atoms with Gasteiger partial charge in [-0.05, 0) is 47.9 Å². The molecule has 2 heterocycles. The summed E-state index contributed by atoms with van der Waals surface area (Å²) in [5.41, 5.74) is 2.53. The third-order valence-electron chi connectivity index (χ3n) is 3.79. The van der Waals surface area contributed by atoms with Crippen molar-refractivity contribution in [3.8, 4) is 16.9 Å². The highest BCUT2D eigenvalue weighted by atomic mass is 16.4. The predicted octanol–water partition coefficient (Wildman–Crippen LogP) is 3.09. The van der Waals surface area contributed by atoms with Crippen LogP contribution in [0.1, 0.15) is 22.8 Å². The number of H-pyrrole nitrogens is 1. The van der Waals surface area contributed by atoms with E-state index in [1.807, 2.05) is 60.3 Å². The number of nitrogens with one attached hydrogen (secondary N) is 1. The molecule has 5 heteroatoms. The van der Waals surface area contributed by atoms with E-state index in [9.17, 15) is 9.59 Å². The van der Waals surface area contributed by atoms with Crippen molar-refractivity contribution in [2.24, 2.45) is 0 Å². The molecule has 5 nitrogen and oxygen atoms in total. The minimum atomic E-state index is -1.21. The Kier molecular flexibility index (Phi) is 3.85. The van der Waals surface area contributed by atoms with Crippen LogP contribution in [0.25, 0.3) is 16.9 Å². The van der Waals surface area contributed by atoms with Crippen molar-refractivity contribution in [3.63, 3.8) is 0 Å². The van der Waals surface area contributed by atoms with Crippen LogP contribution in [-0.4, -0.2) is 20.6 Å². The van der Waals surface area contributed by atoms with Gasteiger partial charge in [-0.15, -0.1) is 0 Å². The zero-order valence-electron chi connectivity index (χ0n) is 12.6. The number of hydrogen-bond donors (Lipinski definition) is 2. The lowest BCUT2D eigenvalue weighted by atomic mass is 10.0. The molecular formula is C18H16N2O3. The molecule has 0 unspecified atom stereocenters. The molecule has 3 rings (SSSR count). The number of rotatable bonds is 4. The zero-order chi connectivity index (χ0) is 16.4. The Balaban J connectivity index is 2.06. The predicted molar refractivity (Wildman–Crippen MR) is 88.2 cm³/mol. The van der Waals surface area contributed by atoms with Crippen LogP contribution in [0.4, 0.5) is 0 Å². The maximum Gasteiger partial charge on any atom is 0.341 e. The molecule has 0 radical (unpaired) electrons. The van der Waals surface area contributed by atoms with Crippen LogP contribution in [-0.2, 0) is 6.42 Å². The first-order chi connectivity index (χ1) is 11.1. The second kappa shape index (κ2) is 5.96. The Morgan fingerprint density at radius 3 is 2.39 bits per heavy atom. The van der Waals surface area contributed by atoms with Crippen LogP contribution >= 0.6 is 0 Å². The van der Waals surface area contributed by atoms with Crippen molar-refractivity contribution in [1.82, 2.24) is 9.55 Å². The Bertz CT molecular complexity index is 891. The van der Waals surface area contributed by atoms with Gasteiger partial charge in [-0.25, -0.2) is 4.79 Å². The van der Waals surface area contributed by atoms with Gasteiger partial charge in [0, 0.05) is 18.1 Å². The summed E-state index contributed by atoms with van der Waals surface area (Å²) in [7, 11) is 0. The third-order valence-corrected chi connectivity index (χ3v) is 3.79. The van der Waals surface area contributed by atoms with E-state index in [1.165, 1.54) is 6.07 Å². The van der Waals surface area contributed by atoms with E-state index < -0.39 is 11.5 Å². The first kappa shape index (κ1) is 14.8. The van der Waals surface area contributed by atoms with Gasteiger partial charge in [-0.2, -0.15) is 0 Å². The Hall–Kier alpha value is -3.08. The highest BCUT2D eigenvalue weighted by Gasteiger charge is 2.14. The summed E-state index contributed by atoms with van der Waals surface area (Å²) in [4.78, 5) is 25.7. The first-order valence-electron chi connectivity index (χ1n) is 7.33. The average Bonchev–Trinajstić information content (AvgIpc) is 3.09. The number of carboxylic acids is 1. The molecule has 2 N–H and O–H groups in total. The van der Waals surface area contributed by atoms with Crippen LogP contribution in [0.15, 0.2) is 59.7 Å². The lowest BCUT2D eigenvalue weighted by Crippen LogP contribution is -2.19. The Morgan fingerprint density at radius 1 is 1.17 bits per heavy atom. The van der Waals surface area contributed by atoms with Gasteiger partial charge in [0.25, 0.3) is 5.56 Å². The van der Waals surface area contributed by atoms with E-state index in [0.29, 0.717) is 12.1 Å². The van der Waals surface area contributed by atoms with E-state index in [0.717, 1.165) is 16.8 Å². The lowest BCUT2D eigenvalue weighted by Gasteiger charge is -2.10. The van der Waals surface area contributed by atoms with Crippen LogP contribution in [0, 0.1) is 0 Å². The lowest BCUT2D eigenvalue weighted by molar-refractivity contribution is 0.0695. The molecule has 0 spiro atoms. The van der Waals surface area contributed by atoms with Crippen LogP contribution in [0.5, 0.6) is 0 Å². The summed E-state index contributed by atoms with van der Waals surface area (Å²) in [6.45, 7) is 1.93. The molecule has 0 fully saturated rings. The summed E-state index contributed by atoms with van der Waals surface area (Å²) in [5, 5.41) is 9.07. The van der Waals surface area contributed by atoms with Crippen LogP contribution in [0.3, 0.4) is 0 Å². The molecule has 3 aromatic rings. The summed E-state index contributed by atoms with van der Waals surface area (Å²) in [5.74, 6) is -1.21. The third kappa shape index (κ3) is 2.81. The van der Waals surface area contributed by atoms with E-state index in [1.54, 1.807) is 0 Å². The smallest absolute Gasteiger partial charge is 0.341 e. The fraction of sp³-hybridized carbons (Fsp3) is 0.111. The first-order valence-corrected chi connectivity index (χ1v) is 7.33. The van der Waals surface area contributed by atoms with Gasteiger partial charge in [0.2, 0.25) is 0 Å². The maximum absolute atomic E-state index is 11.9. The van der Waals surface area contributed by atoms with Crippen LogP contribution in [0.2, 0.25) is 0 Å². The number of carboxylic acid groups (broad SMARTS) is 1. The minimum absolute atomic E-state index is 0.227. The number of nitrogens with zero attached hydrogens (tertiary/aromatic N) is 1. The van der Waals surface area contributed by atoms with Gasteiger partial charge in [0.1, 0.15) is 5.56 Å². The van der Waals surface area contributed by atoms with Crippen molar-refractivity contribution >= 4 is 5.97 Å². The number of benzene rings is 1. The van der Waals surface area contributed by atoms with Gasteiger partial charge in [-0.3, -0.25) is 4.79 Å². The van der Waals surface area contributed by atoms with Crippen molar-refractivity contribution in [2.75, 3.05) is 0 Å². The van der Waals surface area contributed by atoms with Crippen molar-refractivity contribution in [1.29, 1.82) is 0 Å². The highest BCUT2D eigenvalue weighted by molar-refractivity contribution is 5.88. The molecule has 0 bridgehead atoms. The molecule has 0 aliphatic heterocycles. The summed E-state index contributed by atoms with van der Waals surface area (Å²) < 4.78 is 1.99. The van der Waals surface area contributed by atoms with E-state index in [4.69, 9.17) is 5.11 Å². The largest absolute Gasteiger partial charge is 0.477 e. The second-order valence-electron chi connectivity index (χ2n) is 5.21. The number of carbonyl (C=O) groups is 1. The Morgan fingerprint density at radius 2 is 1.83 bits per heavy atom. The number of aromatic nitrogens is 2. The normalized spacial score (nSPS) is 10.7. The fourth-order valence-corrected chi connectivity index (χ4v) is 2.58. The zero-order valence-corrected chi connectivity index (χ0v) is 12.6. The number of pyridine rings is 1. The average molecular weight is 308 g/mol. The molecule has 0 saturated carbocycles. The Labute approximate surface area is 132 Å². The standard InChI is InChI=1S/C18H16N2O3/c1-2-12-11-15(18(22)23)17(21)19-16(12)13-5-7-14(8-6-13)20-9-3-4-10-20/h3-11H,2H2,1H3,(H,19,21)(H,22,23). The number of hydrogen-bond acceptors (Lipinski definition) is 2. The minimum Gasteiger partial charge on any atom is -0.477 e. The van der Waals surface area contributed by atoms with Crippen molar-refractivity contribution in [3.05, 3.63) is 76.3 Å². The number of aromatic carboxylic acids is 1. The van der Waals surface area contributed by atoms with Crippen molar-refractivity contribution < 1.29 is 9.90 Å². The SMILES string of the molecule is CCc1cc(C(=O)O)c(=O)[nH]c1-c1ccc(-n2cccc2)cc1. The quantitative estimate of drug-likeness (QED) is 0.777. The van der Waals surface area contributed by atoms with E-state index >= 15 is 0 Å². The summed E-state index contributed by atoms with van der Waals surface area (Å²) in [6.07, 6.45) is 4.54. The molecule has 0 atom stereocenters. The molecule has 0 aliphatic rings. The van der Waals surface area contributed by atoms with Crippen LogP contribution < -0.4 is 5.56 Å². The molecule has 23 heavy (non-hydrogen) atoms. The topological polar surface area (TPSA) is 75.1 Å². The maximum atomic E-state index is 11.9. The highest BCUT2D eigenvalue weighted by Crippen LogP contribution is 2.23. The molecule has 2 aromatic heterocycles. The van der Waals surface area contributed by atoms with Crippen molar-refractivity contribution in [2.45, 2.75) is 13.3 Å². The van der Waals surface area contributed by atoms with Gasteiger partial charge in [-0.1, -0.05) is 19.1 Å². The number of aryl methyl sites for hydroxylation is 1. The van der Waals surface area contributed by atoms with E-state index in [2.05, 4.69) is 4.98 Å². The van der Waals surface area contributed by atoms with E-state index in [-0.39, 0.29) is 5.56 Å². The molecule has 0 saturated heterocycles. The fourth-order valence-electron chi connectivity index (χ4n) is 2.58. The van der Waals surface area contributed by atoms with Gasteiger partial charge in [0.05, 0.1) is 5.69 Å². The molecule has 116 valence electrons. The molecule has 0 amide bonds. The second-order valence-corrected chi connectivity index (χ2v) is 5.21. The van der Waals surface area contributed by atoms with Gasteiger partial charge in [0.15, 0.2) is 0 Å².